The molecule has 1 aromatic rings. The van der Waals surface area contributed by atoms with Crippen molar-refractivity contribution in [2.75, 3.05) is 12.3 Å². The van der Waals surface area contributed by atoms with Crippen LogP contribution < -0.4 is 5.73 Å². The summed E-state index contributed by atoms with van der Waals surface area (Å²) in [5.74, 6) is -0.256. The maximum absolute atomic E-state index is 11.1. The fourth-order valence-corrected chi connectivity index (χ4v) is 1.26. The smallest absolute Gasteiger partial charge is 0.310 e. The van der Waals surface area contributed by atoms with E-state index in [1.54, 1.807) is 25.1 Å². The Kier molecular flexibility index (Phi) is 6.13. The van der Waals surface area contributed by atoms with Gasteiger partial charge in [-0.2, -0.15) is 0 Å². The van der Waals surface area contributed by atoms with Crippen LogP contribution in [0.25, 0.3) is 0 Å². The van der Waals surface area contributed by atoms with Gasteiger partial charge >= 0.3 is 5.97 Å². The Labute approximate surface area is 100.0 Å². The predicted molar refractivity (Wildman–Crippen MR) is 63.4 cm³/mol. The molecular weight excluding hydrogens is 237 g/mol. The van der Waals surface area contributed by atoms with Crippen molar-refractivity contribution in [3.63, 3.8) is 0 Å². The Hall–Kier alpha value is -0.930. The van der Waals surface area contributed by atoms with Crippen molar-refractivity contribution in [3.8, 4) is 0 Å². The molecule has 84 valence electrons. The maximum atomic E-state index is 11.1. The first-order valence-corrected chi connectivity index (χ1v) is 4.70. The number of nitrogen functional groups attached to an aromatic ring is 1. The number of nitrogens with two attached hydrogens (primary N) is 1. The van der Waals surface area contributed by atoms with E-state index in [4.69, 9.17) is 22.1 Å². The molecule has 0 fully saturated rings. The summed E-state index contributed by atoms with van der Waals surface area (Å²) in [5, 5.41) is 0.465. The lowest BCUT2D eigenvalue weighted by Crippen LogP contribution is -2.07. The molecule has 0 amide bonds. The van der Waals surface area contributed by atoms with Crippen LogP contribution in [0.4, 0.5) is 5.69 Å². The lowest BCUT2D eigenvalue weighted by molar-refractivity contribution is -0.142. The highest BCUT2D eigenvalue weighted by molar-refractivity contribution is 6.33. The third-order valence-corrected chi connectivity index (χ3v) is 2.05. The highest BCUT2D eigenvalue weighted by Crippen LogP contribution is 2.19. The number of benzene rings is 1. The molecule has 0 saturated heterocycles. The zero-order chi connectivity index (χ0) is 10.6. The number of carbonyl (C=O) groups excluding carboxylic acids is 1. The van der Waals surface area contributed by atoms with Gasteiger partial charge in [-0.1, -0.05) is 17.7 Å². The van der Waals surface area contributed by atoms with Crippen molar-refractivity contribution in [2.24, 2.45) is 0 Å². The standard InChI is InChI=1S/C10H12ClNO2.ClH/c1-2-14-10(13)6-7-3-4-9(12)8(11)5-7;/h3-5H,2,6,12H2,1H3;1H. The summed E-state index contributed by atoms with van der Waals surface area (Å²) in [7, 11) is 0. The zero-order valence-corrected chi connectivity index (χ0v) is 9.90. The molecular formula is C10H13Cl2NO2. The van der Waals surface area contributed by atoms with Gasteiger partial charge in [0.1, 0.15) is 0 Å². The minimum atomic E-state index is -0.256. The first kappa shape index (κ1) is 14.1. The highest BCUT2D eigenvalue weighted by Gasteiger charge is 2.05. The van der Waals surface area contributed by atoms with Gasteiger partial charge in [0.2, 0.25) is 0 Å². The maximum Gasteiger partial charge on any atom is 0.310 e. The first-order valence-electron chi connectivity index (χ1n) is 4.33. The monoisotopic (exact) mass is 249 g/mol. The predicted octanol–water partition coefficient (Wildman–Crippen LogP) is 2.45. The van der Waals surface area contributed by atoms with E-state index in [1.165, 1.54) is 0 Å². The molecule has 0 unspecified atom stereocenters. The van der Waals surface area contributed by atoms with Gasteiger partial charge in [-0.15, -0.1) is 12.4 Å². The fourth-order valence-electron chi connectivity index (χ4n) is 1.06. The molecule has 0 atom stereocenters. The lowest BCUT2D eigenvalue weighted by atomic mass is 10.1. The molecule has 0 spiro atoms. The fraction of sp³-hybridized carbons (Fsp3) is 0.300. The average molecular weight is 250 g/mol. The molecule has 0 saturated carbocycles. The number of ether oxygens (including phenoxy) is 1. The third kappa shape index (κ3) is 4.40. The summed E-state index contributed by atoms with van der Waals surface area (Å²) in [5.41, 5.74) is 6.85. The molecule has 2 N–H and O–H groups in total. The van der Waals surface area contributed by atoms with Crippen LogP contribution in [0.3, 0.4) is 0 Å². The van der Waals surface area contributed by atoms with Crippen LogP contribution in [0.5, 0.6) is 0 Å². The van der Waals surface area contributed by atoms with E-state index in [0.29, 0.717) is 17.3 Å². The van der Waals surface area contributed by atoms with Gasteiger partial charge in [-0.3, -0.25) is 4.79 Å². The molecule has 0 aliphatic rings. The van der Waals surface area contributed by atoms with Crippen LogP contribution in [0.1, 0.15) is 12.5 Å². The second kappa shape index (κ2) is 6.53. The number of halogens is 2. The Morgan fingerprint density at radius 2 is 2.20 bits per heavy atom. The largest absolute Gasteiger partial charge is 0.466 e. The lowest BCUT2D eigenvalue weighted by Gasteiger charge is -2.03. The van der Waals surface area contributed by atoms with Gasteiger partial charge < -0.3 is 10.5 Å². The van der Waals surface area contributed by atoms with Crippen molar-refractivity contribution >= 4 is 35.7 Å². The number of rotatable bonds is 3. The SMILES string of the molecule is CCOC(=O)Cc1ccc(N)c(Cl)c1.Cl. The Morgan fingerprint density at radius 1 is 1.53 bits per heavy atom. The first-order chi connectivity index (χ1) is 6.63. The topological polar surface area (TPSA) is 52.3 Å². The van der Waals surface area contributed by atoms with Gasteiger partial charge in [-0.25, -0.2) is 0 Å². The van der Waals surface area contributed by atoms with E-state index >= 15 is 0 Å². The molecule has 0 aromatic heterocycles. The number of carbonyl (C=O) groups is 1. The molecule has 0 heterocycles. The van der Waals surface area contributed by atoms with E-state index in [9.17, 15) is 4.79 Å². The Bertz CT molecular complexity index is 342. The Balaban J connectivity index is 0.00000196. The second-order valence-corrected chi connectivity index (χ2v) is 3.24. The van der Waals surface area contributed by atoms with E-state index in [2.05, 4.69) is 0 Å². The number of hydrogen-bond donors (Lipinski definition) is 1. The zero-order valence-electron chi connectivity index (χ0n) is 8.33. The molecule has 1 rings (SSSR count). The van der Waals surface area contributed by atoms with Gasteiger partial charge in [0.15, 0.2) is 0 Å². The molecule has 0 aliphatic heterocycles. The van der Waals surface area contributed by atoms with Gasteiger partial charge in [0, 0.05) is 0 Å². The second-order valence-electron chi connectivity index (χ2n) is 2.84. The molecule has 3 nitrogen and oxygen atoms in total. The van der Waals surface area contributed by atoms with Crippen LogP contribution in [0, 0.1) is 0 Å². The molecule has 15 heavy (non-hydrogen) atoms. The minimum Gasteiger partial charge on any atom is -0.466 e. The summed E-state index contributed by atoms with van der Waals surface area (Å²) < 4.78 is 4.80. The summed E-state index contributed by atoms with van der Waals surface area (Å²) >= 11 is 5.80. The number of anilines is 1. The van der Waals surface area contributed by atoms with Crippen LogP contribution in [0.15, 0.2) is 18.2 Å². The summed E-state index contributed by atoms with van der Waals surface area (Å²) in [4.78, 5) is 11.1. The molecule has 5 heteroatoms. The normalized spacial score (nSPS) is 9.20. The Morgan fingerprint density at radius 3 is 2.73 bits per heavy atom. The van der Waals surface area contributed by atoms with Crippen LogP contribution >= 0.6 is 24.0 Å². The van der Waals surface area contributed by atoms with Crippen molar-refractivity contribution in [2.45, 2.75) is 13.3 Å². The quantitative estimate of drug-likeness (QED) is 0.662. The average Bonchev–Trinajstić information content (AvgIpc) is 2.12. The molecule has 1 aromatic carbocycles. The molecule has 0 aliphatic carbocycles. The van der Waals surface area contributed by atoms with Crippen molar-refractivity contribution in [1.29, 1.82) is 0 Å². The molecule has 0 bridgehead atoms. The highest BCUT2D eigenvalue weighted by atomic mass is 35.5. The van der Waals surface area contributed by atoms with Crippen molar-refractivity contribution in [3.05, 3.63) is 28.8 Å². The van der Waals surface area contributed by atoms with Crippen molar-refractivity contribution < 1.29 is 9.53 Å². The van der Waals surface area contributed by atoms with Gasteiger partial charge in [0.05, 0.1) is 23.7 Å². The van der Waals surface area contributed by atoms with E-state index in [0.717, 1.165) is 5.56 Å². The number of esters is 1. The summed E-state index contributed by atoms with van der Waals surface area (Å²) in [6.07, 6.45) is 0.230. The summed E-state index contributed by atoms with van der Waals surface area (Å²) in [6.45, 7) is 2.16. The van der Waals surface area contributed by atoms with Crippen LogP contribution in [-0.2, 0) is 16.0 Å². The van der Waals surface area contributed by atoms with Gasteiger partial charge in [-0.05, 0) is 24.6 Å². The van der Waals surface area contributed by atoms with E-state index < -0.39 is 0 Å². The summed E-state index contributed by atoms with van der Waals surface area (Å²) in [6, 6.07) is 5.11. The van der Waals surface area contributed by atoms with Crippen LogP contribution in [0.2, 0.25) is 5.02 Å². The molecule has 0 radical (unpaired) electrons. The third-order valence-electron chi connectivity index (χ3n) is 1.72. The van der Waals surface area contributed by atoms with Crippen molar-refractivity contribution in [1.82, 2.24) is 0 Å². The van der Waals surface area contributed by atoms with E-state index in [1.807, 2.05) is 0 Å². The van der Waals surface area contributed by atoms with E-state index in [-0.39, 0.29) is 24.8 Å². The number of hydrogen-bond acceptors (Lipinski definition) is 3. The van der Waals surface area contributed by atoms with Gasteiger partial charge in [0.25, 0.3) is 0 Å². The van der Waals surface area contributed by atoms with Crippen LogP contribution in [-0.4, -0.2) is 12.6 Å². The minimum absolute atomic E-state index is 0.